The van der Waals surface area contributed by atoms with E-state index >= 15 is 0 Å². The molecule has 2 aromatic carbocycles. The Labute approximate surface area is 136 Å². The van der Waals surface area contributed by atoms with Gasteiger partial charge in [0.05, 0.1) is 6.61 Å². The van der Waals surface area contributed by atoms with Gasteiger partial charge in [-0.3, -0.25) is 4.79 Å². The quantitative estimate of drug-likeness (QED) is 0.826. The van der Waals surface area contributed by atoms with E-state index in [-0.39, 0.29) is 17.9 Å². The molecule has 1 amide bonds. The summed E-state index contributed by atoms with van der Waals surface area (Å²) >= 11 is 0. The number of aliphatic hydroxyl groups excluding tert-OH is 1. The predicted molar refractivity (Wildman–Crippen MR) is 88.3 cm³/mol. The molecule has 1 fully saturated rings. The SMILES string of the molecule is O=C(NCC1(CO)CC1)c1ccc(COc2ccccc2)cc1. The topological polar surface area (TPSA) is 58.6 Å². The van der Waals surface area contributed by atoms with E-state index in [1.165, 1.54) is 0 Å². The summed E-state index contributed by atoms with van der Waals surface area (Å²) in [4.78, 5) is 12.1. The van der Waals surface area contributed by atoms with Crippen molar-refractivity contribution in [3.63, 3.8) is 0 Å². The van der Waals surface area contributed by atoms with Gasteiger partial charge in [-0.1, -0.05) is 30.3 Å². The number of carbonyl (C=O) groups excluding carboxylic acids is 1. The summed E-state index contributed by atoms with van der Waals surface area (Å²) in [5.74, 6) is 0.730. The Balaban J connectivity index is 1.51. The van der Waals surface area contributed by atoms with Crippen LogP contribution in [-0.4, -0.2) is 24.2 Å². The number of ether oxygens (including phenoxy) is 1. The zero-order valence-electron chi connectivity index (χ0n) is 13.0. The zero-order chi connectivity index (χ0) is 16.1. The molecule has 0 spiro atoms. The van der Waals surface area contributed by atoms with Crippen molar-refractivity contribution >= 4 is 5.91 Å². The van der Waals surface area contributed by atoms with E-state index < -0.39 is 0 Å². The molecule has 0 saturated heterocycles. The first-order valence-corrected chi connectivity index (χ1v) is 7.87. The van der Waals surface area contributed by atoms with Gasteiger partial charge in [-0.2, -0.15) is 0 Å². The van der Waals surface area contributed by atoms with Crippen LogP contribution in [0.2, 0.25) is 0 Å². The van der Waals surface area contributed by atoms with Crippen molar-refractivity contribution in [2.75, 3.05) is 13.2 Å². The second-order valence-electron chi connectivity index (χ2n) is 6.14. The molecule has 120 valence electrons. The van der Waals surface area contributed by atoms with Gasteiger partial charge in [0.2, 0.25) is 0 Å². The van der Waals surface area contributed by atoms with E-state index in [1.54, 1.807) is 12.1 Å². The molecule has 1 aliphatic rings. The van der Waals surface area contributed by atoms with Crippen LogP contribution in [-0.2, 0) is 6.61 Å². The summed E-state index contributed by atoms with van der Waals surface area (Å²) in [6.07, 6.45) is 1.97. The summed E-state index contributed by atoms with van der Waals surface area (Å²) in [6, 6.07) is 17.0. The number of nitrogens with one attached hydrogen (secondary N) is 1. The van der Waals surface area contributed by atoms with Crippen LogP contribution in [0.3, 0.4) is 0 Å². The van der Waals surface area contributed by atoms with Crippen LogP contribution < -0.4 is 10.1 Å². The first-order valence-electron chi connectivity index (χ1n) is 7.87. The van der Waals surface area contributed by atoms with Gasteiger partial charge in [-0.05, 0) is 42.7 Å². The largest absolute Gasteiger partial charge is 0.489 e. The first kappa shape index (κ1) is 15.6. The van der Waals surface area contributed by atoms with Gasteiger partial charge in [-0.25, -0.2) is 0 Å². The number of amides is 1. The van der Waals surface area contributed by atoms with Crippen molar-refractivity contribution in [3.8, 4) is 5.75 Å². The summed E-state index contributed by atoms with van der Waals surface area (Å²) in [5, 5.41) is 12.2. The molecule has 1 saturated carbocycles. The second-order valence-corrected chi connectivity index (χ2v) is 6.14. The second kappa shape index (κ2) is 6.84. The standard InChI is InChI=1S/C19H21NO3/c21-14-19(10-11-19)13-20-18(22)16-8-6-15(7-9-16)12-23-17-4-2-1-3-5-17/h1-9,21H,10-14H2,(H,20,22). The van der Waals surface area contributed by atoms with Gasteiger partial charge in [-0.15, -0.1) is 0 Å². The smallest absolute Gasteiger partial charge is 0.251 e. The molecular weight excluding hydrogens is 290 g/mol. The molecule has 23 heavy (non-hydrogen) atoms. The van der Waals surface area contributed by atoms with Crippen LogP contribution in [0.1, 0.15) is 28.8 Å². The fourth-order valence-corrected chi connectivity index (χ4v) is 2.37. The Bertz CT molecular complexity index is 648. The Kier molecular flexibility index (Phi) is 4.63. The van der Waals surface area contributed by atoms with E-state index in [9.17, 15) is 9.90 Å². The van der Waals surface area contributed by atoms with Gasteiger partial charge >= 0.3 is 0 Å². The molecule has 2 aromatic rings. The summed E-state index contributed by atoms with van der Waals surface area (Å²) in [6.45, 7) is 1.16. The number of rotatable bonds is 7. The highest BCUT2D eigenvalue weighted by molar-refractivity contribution is 5.94. The van der Waals surface area contributed by atoms with Crippen molar-refractivity contribution in [1.82, 2.24) is 5.32 Å². The third-order valence-electron chi connectivity index (χ3n) is 4.28. The Morgan fingerprint density at radius 1 is 1.09 bits per heavy atom. The molecule has 0 atom stereocenters. The fourth-order valence-electron chi connectivity index (χ4n) is 2.37. The van der Waals surface area contributed by atoms with Gasteiger partial charge in [0.25, 0.3) is 5.91 Å². The molecule has 0 heterocycles. The molecule has 2 N–H and O–H groups in total. The number of carbonyl (C=O) groups is 1. The highest BCUT2D eigenvalue weighted by Crippen LogP contribution is 2.44. The predicted octanol–water partition coefficient (Wildman–Crippen LogP) is 2.77. The number of hydrogen-bond donors (Lipinski definition) is 2. The summed E-state index contributed by atoms with van der Waals surface area (Å²) in [5.41, 5.74) is 1.57. The van der Waals surface area contributed by atoms with Crippen LogP contribution in [0, 0.1) is 5.41 Å². The van der Waals surface area contributed by atoms with Gasteiger partial charge in [0.1, 0.15) is 12.4 Å². The highest BCUT2D eigenvalue weighted by atomic mass is 16.5. The minimum atomic E-state index is -0.0970. The van der Waals surface area contributed by atoms with Crippen LogP contribution in [0.25, 0.3) is 0 Å². The lowest BCUT2D eigenvalue weighted by atomic mass is 10.1. The van der Waals surface area contributed by atoms with E-state index in [1.807, 2.05) is 42.5 Å². The third-order valence-corrected chi connectivity index (χ3v) is 4.28. The fraction of sp³-hybridized carbons (Fsp3) is 0.316. The van der Waals surface area contributed by atoms with E-state index in [4.69, 9.17) is 4.74 Å². The first-order chi connectivity index (χ1) is 11.2. The average molecular weight is 311 g/mol. The zero-order valence-corrected chi connectivity index (χ0v) is 13.0. The van der Waals surface area contributed by atoms with Crippen LogP contribution in [0.15, 0.2) is 54.6 Å². The summed E-state index contributed by atoms with van der Waals surface area (Å²) in [7, 11) is 0. The maximum absolute atomic E-state index is 12.1. The van der Waals surface area contributed by atoms with Crippen LogP contribution >= 0.6 is 0 Å². The molecule has 4 nitrogen and oxygen atoms in total. The Hall–Kier alpha value is -2.33. The van der Waals surface area contributed by atoms with Crippen molar-refractivity contribution in [2.24, 2.45) is 5.41 Å². The molecule has 0 aliphatic heterocycles. The van der Waals surface area contributed by atoms with Crippen molar-refractivity contribution < 1.29 is 14.6 Å². The summed E-state index contributed by atoms with van der Waals surface area (Å²) < 4.78 is 5.68. The molecule has 0 bridgehead atoms. The van der Waals surface area contributed by atoms with E-state index in [0.717, 1.165) is 24.2 Å². The molecule has 4 heteroatoms. The van der Waals surface area contributed by atoms with Crippen molar-refractivity contribution in [2.45, 2.75) is 19.4 Å². The van der Waals surface area contributed by atoms with Gasteiger partial charge < -0.3 is 15.2 Å². The van der Waals surface area contributed by atoms with Crippen LogP contribution in [0.4, 0.5) is 0 Å². The van der Waals surface area contributed by atoms with Crippen molar-refractivity contribution in [3.05, 3.63) is 65.7 Å². The van der Waals surface area contributed by atoms with Gasteiger partial charge in [0.15, 0.2) is 0 Å². The minimum Gasteiger partial charge on any atom is -0.489 e. The molecule has 3 rings (SSSR count). The number of aliphatic hydroxyl groups is 1. The number of benzene rings is 2. The normalized spacial score (nSPS) is 15.0. The third kappa shape index (κ3) is 4.11. The monoisotopic (exact) mass is 311 g/mol. The van der Waals surface area contributed by atoms with Gasteiger partial charge in [0, 0.05) is 17.5 Å². The molecule has 0 unspecified atom stereocenters. The molecule has 0 aromatic heterocycles. The molecular formula is C19H21NO3. The molecule has 0 radical (unpaired) electrons. The maximum atomic E-state index is 12.1. The van der Waals surface area contributed by atoms with E-state index in [2.05, 4.69) is 5.32 Å². The lowest BCUT2D eigenvalue weighted by molar-refractivity contribution is 0.0935. The molecule has 1 aliphatic carbocycles. The van der Waals surface area contributed by atoms with E-state index in [0.29, 0.717) is 18.7 Å². The number of para-hydroxylation sites is 1. The lowest BCUT2D eigenvalue weighted by Crippen LogP contribution is -2.31. The average Bonchev–Trinajstić information content (AvgIpc) is 3.40. The maximum Gasteiger partial charge on any atom is 0.251 e. The lowest BCUT2D eigenvalue weighted by Gasteiger charge is -2.13. The number of hydrogen-bond acceptors (Lipinski definition) is 3. The Morgan fingerprint density at radius 3 is 2.39 bits per heavy atom. The minimum absolute atomic E-state index is 0.0703. The Morgan fingerprint density at radius 2 is 1.78 bits per heavy atom. The van der Waals surface area contributed by atoms with Crippen molar-refractivity contribution in [1.29, 1.82) is 0 Å². The highest BCUT2D eigenvalue weighted by Gasteiger charge is 2.42. The van der Waals surface area contributed by atoms with Crippen LogP contribution in [0.5, 0.6) is 5.75 Å².